The molecule has 2 amide bonds. The van der Waals surface area contributed by atoms with Gasteiger partial charge in [-0.2, -0.15) is 5.10 Å². The molecule has 1 fully saturated rings. The highest BCUT2D eigenvalue weighted by Gasteiger charge is 2.40. The fourth-order valence-electron chi connectivity index (χ4n) is 4.11. The van der Waals surface area contributed by atoms with Crippen molar-refractivity contribution in [1.29, 1.82) is 0 Å². The molecule has 0 spiro atoms. The van der Waals surface area contributed by atoms with Crippen LogP contribution in [0.15, 0.2) is 18.3 Å². The van der Waals surface area contributed by atoms with Gasteiger partial charge in [-0.15, -0.1) is 0 Å². The molecule has 1 aliphatic rings. The molecule has 2 heterocycles. The zero-order valence-corrected chi connectivity index (χ0v) is 18.1. The number of H-pyrrole nitrogens is 1. The van der Waals surface area contributed by atoms with Gasteiger partial charge in [-0.25, -0.2) is 4.79 Å². The first-order valence-electron chi connectivity index (χ1n) is 9.87. The molecule has 1 unspecified atom stereocenters. The summed E-state index contributed by atoms with van der Waals surface area (Å²) in [6.45, 7) is 11.5. The lowest BCUT2D eigenvalue weighted by atomic mass is 9.68. The molecule has 1 atom stereocenters. The van der Waals surface area contributed by atoms with E-state index in [1.54, 1.807) is 6.20 Å². The number of nitrogens with one attached hydrogen (secondary N) is 2. The highest BCUT2D eigenvalue weighted by atomic mass is 35.5. The number of hydrogen-bond donors (Lipinski definition) is 3. The van der Waals surface area contributed by atoms with Crippen LogP contribution in [0.25, 0.3) is 10.9 Å². The summed E-state index contributed by atoms with van der Waals surface area (Å²) in [7, 11) is 0. The van der Waals surface area contributed by atoms with E-state index in [0.717, 1.165) is 29.3 Å². The number of fused-ring (bicyclic) bond motifs is 1. The van der Waals surface area contributed by atoms with Crippen molar-refractivity contribution >= 4 is 28.5 Å². The predicted octanol–water partition coefficient (Wildman–Crippen LogP) is 4.50. The molecular formula is C21H31ClN4O2. The molecule has 3 rings (SSSR count). The number of amides is 2. The van der Waals surface area contributed by atoms with E-state index in [-0.39, 0.29) is 22.9 Å². The first-order chi connectivity index (χ1) is 13.0. The maximum absolute atomic E-state index is 12.4. The van der Waals surface area contributed by atoms with Gasteiger partial charge in [0.1, 0.15) is 0 Å². The normalized spacial score (nSPS) is 17.8. The van der Waals surface area contributed by atoms with Crippen LogP contribution in [0.3, 0.4) is 0 Å². The van der Waals surface area contributed by atoms with Gasteiger partial charge in [0, 0.05) is 34.6 Å². The van der Waals surface area contributed by atoms with E-state index < -0.39 is 6.10 Å². The van der Waals surface area contributed by atoms with Gasteiger partial charge in [0.25, 0.3) is 0 Å². The Morgan fingerprint density at radius 3 is 2.54 bits per heavy atom. The molecule has 28 heavy (non-hydrogen) atoms. The first kappa shape index (κ1) is 20.9. The molecule has 0 bridgehead atoms. The molecule has 1 saturated heterocycles. The van der Waals surface area contributed by atoms with Crippen LogP contribution >= 0.6 is 11.6 Å². The lowest BCUT2D eigenvalue weighted by Gasteiger charge is -2.43. The monoisotopic (exact) mass is 406 g/mol. The Kier molecular flexibility index (Phi) is 5.65. The predicted molar refractivity (Wildman–Crippen MR) is 112 cm³/mol. The van der Waals surface area contributed by atoms with E-state index >= 15 is 0 Å². The Morgan fingerprint density at radius 1 is 1.29 bits per heavy atom. The van der Waals surface area contributed by atoms with Crippen molar-refractivity contribution in [2.24, 2.45) is 11.3 Å². The quantitative estimate of drug-likeness (QED) is 0.702. The van der Waals surface area contributed by atoms with Crippen molar-refractivity contribution in [3.63, 3.8) is 0 Å². The van der Waals surface area contributed by atoms with Crippen molar-refractivity contribution in [3.8, 4) is 0 Å². The number of urea groups is 1. The fraction of sp³-hybridized carbons (Fsp3) is 0.619. The number of piperidine rings is 1. The average molecular weight is 407 g/mol. The number of carbonyl (C=O) groups is 1. The second-order valence-corrected chi connectivity index (χ2v) is 9.93. The molecule has 7 heteroatoms. The number of hydrogen-bond acceptors (Lipinski definition) is 3. The summed E-state index contributed by atoms with van der Waals surface area (Å²) < 4.78 is 0. The van der Waals surface area contributed by atoms with Gasteiger partial charge in [0.2, 0.25) is 0 Å². The molecule has 0 radical (unpaired) electrons. The number of nitrogens with zero attached hydrogens (tertiary/aromatic N) is 2. The number of aliphatic hydroxyl groups is 1. The molecule has 2 aromatic rings. The van der Waals surface area contributed by atoms with Crippen LogP contribution < -0.4 is 5.32 Å². The Balaban J connectivity index is 1.73. The van der Waals surface area contributed by atoms with Gasteiger partial charge < -0.3 is 15.3 Å². The van der Waals surface area contributed by atoms with Gasteiger partial charge in [0.05, 0.1) is 17.8 Å². The molecule has 0 aliphatic carbocycles. The summed E-state index contributed by atoms with van der Waals surface area (Å²) >= 11 is 6.26. The largest absolute Gasteiger partial charge is 0.388 e. The number of aromatic amines is 1. The second-order valence-electron chi connectivity index (χ2n) is 9.49. The van der Waals surface area contributed by atoms with Crippen molar-refractivity contribution < 1.29 is 9.90 Å². The second kappa shape index (κ2) is 7.56. The topological polar surface area (TPSA) is 81.2 Å². The van der Waals surface area contributed by atoms with Gasteiger partial charge in [0.15, 0.2) is 0 Å². The van der Waals surface area contributed by atoms with E-state index in [1.165, 1.54) is 0 Å². The van der Waals surface area contributed by atoms with E-state index in [4.69, 9.17) is 11.6 Å². The zero-order valence-electron chi connectivity index (χ0n) is 17.3. The lowest BCUT2D eigenvalue weighted by Crippen LogP contribution is -2.52. The Morgan fingerprint density at radius 2 is 1.93 bits per heavy atom. The van der Waals surface area contributed by atoms with Crippen molar-refractivity contribution in [2.45, 2.75) is 59.1 Å². The summed E-state index contributed by atoms with van der Waals surface area (Å²) in [5, 5.41) is 22.9. The van der Waals surface area contributed by atoms with Crippen LogP contribution in [0.2, 0.25) is 5.02 Å². The van der Waals surface area contributed by atoms with Crippen molar-refractivity contribution in [1.82, 2.24) is 20.4 Å². The minimum absolute atomic E-state index is 0.0154. The van der Waals surface area contributed by atoms with Gasteiger partial charge in [-0.1, -0.05) is 25.4 Å². The third kappa shape index (κ3) is 4.28. The minimum Gasteiger partial charge on any atom is -0.388 e. The van der Waals surface area contributed by atoms with Crippen LogP contribution in [-0.4, -0.2) is 44.9 Å². The summed E-state index contributed by atoms with van der Waals surface area (Å²) in [4.78, 5) is 14.3. The van der Waals surface area contributed by atoms with Crippen LogP contribution in [0.4, 0.5) is 4.79 Å². The van der Waals surface area contributed by atoms with Gasteiger partial charge in [-0.05, 0) is 57.1 Å². The van der Waals surface area contributed by atoms with Crippen LogP contribution in [0.5, 0.6) is 0 Å². The van der Waals surface area contributed by atoms with Crippen LogP contribution in [-0.2, 0) is 0 Å². The molecule has 1 aromatic carbocycles. The van der Waals surface area contributed by atoms with E-state index in [2.05, 4.69) is 29.4 Å². The smallest absolute Gasteiger partial charge is 0.317 e. The van der Waals surface area contributed by atoms with Crippen molar-refractivity contribution in [2.75, 3.05) is 13.1 Å². The minimum atomic E-state index is -0.686. The third-order valence-electron chi connectivity index (χ3n) is 5.86. The average Bonchev–Trinajstić information content (AvgIpc) is 3.07. The van der Waals surface area contributed by atoms with Crippen molar-refractivity contribution in [3.05, 3.63) is 28.9 Å². The standard InChI is InChI=1S/C21H31ClN4O2/c1-20(2,3)24-19(28)26-8-6-14(7-9-26)21(4,5)18(27)16-11-15(22)10-13-12-23-25-17(13)16/h10-12,14,18,27H,6-9H2,1-5H3,(H,23,25)(H,24,28). The molecule has 3 N–H and O–H groups in total. The molecule has 6 nitrogen and oxygen atoms in total. The molecule has 0 saturated carbocycles. The Hall–Kier alpha value is -1.79. The first-order valence-corrected chi connectivity index (χ1v) is 10.2. The maximum atomic E-state index is 12.4. The van der Waals surface area contributed by atoms with Crippen LogP contribution in [0, 0.1) is 11.3 Å². The highest BCUT2D eigenvalue weighted by molar-refractivity contribution is 6.31. The SMILES string of the molecule is CC(C)(C)NC(=O)N1CCC(C(C)(C)C(O)c2cc(Cl)cc3cn[nH]c23)CC1. The van der Waals surface area contributed by atoms with Gasteiger partial charge in [-0.3, -0.25) is 5.10 Å². The summed E-state index contributed by atoms with van der Waals surface area (Å²) in [6, 6.07) is 3.65. The number of rotatable bonds is 3. The van der Waals surface area contributed by atoms with E-state index in [0.29, 0.717) is 18.1 Å². The fourth-order valence-corrected chi connectivity index (χ4v) is 4.35. The van der Waals surface area contributed by atoms with Gasteiger partial charge >= 0.3 is 6.03 Å². The lowest BCUT2D eigenvalue weighted by molar-refractivity contribution is -0.0145. The van der Waals surface area contributed by atoms with E-state index in [9.17, 15) is 9.90 Å². The number of likely N-dealkylation sites (tertiary alicyclic amines) is 1. The number of carbonyl (C=O) groups excluding carboxylic acids is 1. The number of halogens is 1. The number of aromatic nitrogens is 2. The summed E-state index contributed by atoms with van der Waals surface area (Å²) in [6.07, 6.45) is 2.74. The zero-order chi connectivity index (χ0) is 20.7. The Labute approximate surface area is 171 Å². The van der Waals surface area contributed by atoms with E-state index in [1.807, 2.05) is 37.8 Å². The number of benzene rings is 1. The maximum Gasteiger partial charge on any atom is 0.317 e. The molecule has 1 aromatic heterocycles. The molecular weight excluding hydrogens is 376 g/mol. The van der Waals surface area contributed by atoms with Crippen LogP contribution in [0.1, 0.15) is 59.1 Å². The summed E-state index contributed by atoms with van der Waals surface area (Å²) in [5.74, 6) is 0.290. The number of aliphatic hydroxyl groups excluding tert-OH is 1. The molecule has 1 aliphatic heterocycles. The third-order valence-corrected chi connectivity index (χ3v) is 6.08. The summed E-state index contributed by atoms with van der Waals surface area (Å²) in [5.41, 5.74) is 0.991. The molecule has 154 valence electrons. The highest BCUT2D eigenvalue weighted by Crippen LogP contribution is 2.46. The Bertz CT molecular complexity index is 848.